The molecule has 0 amide bonds. The molecule has 0 bridgehead atoms. The largest absolute Gasteiger partial charge is 0.489 e. The Morgan fingerprint density at radius 3 is 2.65 bits per heavy atom. The molecule has 0 radical (unpaired) electrons. The van der Waals surface area contributed by atoms with Gasteiger partial charge in [0.1, 0.15) is 25.1 Å². The van der Waals surface area contributed by atoms with Gasteiger partial charge in [0.25, 0.3) is 5.92 Å². The average molecular weight is 330 g/mol. The Bertz CT molecular complexity index is 435. The molecule has 0 fully saturated rings. The number of benzene rings is 1. The molecule has 0 saturated heterocycles. The third kappa shape index (κ3) is 6.19. The fraction of sp³-hybridized carbons (Fsp3) is 0.500. The quantitative estimate of drug-likeness (QED) is 0.682. The summed E-state index contributed by atoms with van der Waals surface area (Å²) in [7, 11) is 0. The van der Waals surface area contributed by atoms with Gasteiger partial charge in [-0.05, 0) is 18.2 Å². The first kappa shape index (κ1) is 17.4. The van der Waals surface area contributed by atoms with Crippen LogP contribution in [0.15, 0.2) is 18.2 Å². The molecule has 0 aliphatic carbocycles. The summed E-state index contributed by atoms with van der Waals surface area (Å²) in [5.41, 5.74) is 0. The van der Waals surface area contributed by atoms with E-state index in [2.05, 4.69) is 5.32 Å². The molecule has 1 rings (SSSR count). The van der Waals surface area contributed by atoms with Crippen molar-refractivity contribution in [3.8, 4) is 5.75 Å². The molecular weight excluding hydrogens is 315 g/mol. The number of hydrogen-bond donors (Lipinski definition) is 3. The van der Waals surface area contributed by atoms with Gasteiger partial charge in [0.15, 0.2) is 0 Å². The molecule has 3 N–H and O–H groups in total. The van der Waals surface area contributed by atoms with E-state index in [1.807, 2.05) is 0 Å². The number of rotatable bonds is 8. The SMILES string of the molecule is OCC(F)(F)CNCC(O)COc1ccc(Cl)cc1Cl. The molecule has 20 heavy (non-hydrogen) atoms. The highest BCUT2D eigenvalue weighted by atomic mass is 35.5. The van der Waals surface area contributed by atoms with Crippen molar-refractivity contribution in [2.75, 3.05) is 26.3 Å². The predicted molar refractivity (Wildman–Crippen MR) is 72.9 cm³/mol. The first-order valence-corrected chi connectivity index (χ1v) is 6.55. The number of alkyl halides is 2. The van der Waals surface area contributed by atoms with E-state index in [1.54, 1.807) is 12.1 Å². The smallest absolute Gasteiger partial charge is 0.282 e. The van der Waals surface area contributed by atoms with E-state index in [0.29, 0.717) is 15.8 Å². The van der Waals surface area contributed by atoms with Gasteiger partial charge >= 0.3 is 0 Å². The molecule has 1 atom stereocenters. The van der Waals surface area contributed by atoms with Crippen molar-refractivity contribution < 1.29 is 23.7 Å². The van der Waals surface area contributed by atoms with Crippen LogP contribution in [0.3, 0.4) is 0 Å². The summed E-state index contributed by atoms with van der Waals surface area (Å²) in [5.74, 6) is -2.86. The first-order valence-electron chi connectivity index (χ1n) is 5.79. The molecule has 1 unspecified atom stereocenters. The van der Waals surface area contributed by atoms with Crippen LogP contribution in [0.25, 0.3) is 0 Å². The van der Waals surface area contributed by atoms with Crippen molar-refractivity contribution in [3.05, 3.63) is 28.2 Å². The fourth-order valence-electron chi connectivity index (χ4n) is 1.31. The molecule has 114 valence electrons. The number of halogens is 4. The Hall–Kier alpha value is -0.660. The fourth-order valence-corrected chi connectivity index (χ4v) is 1.78. The van der Waals surface area contributed by atoms with Crippen LogP contribution in [0.1, 0.15) is 0 Å². The Labute approximate surface area is 125 Å². The molecule has 0 spiro atoms. The van der Waals surface area contributed by atoms with E-state index in [0.717, 1.165) is 0 Å². The Balaban J connectivity index is 2.31. The van der Waals surface area contributed by atoms with Crippen molar-refractivity contribution in [2.24, 2.45) is 0 Å². The van der Waals surface area contributed by atoms with Crippen LogP contribution in [0.5, 0.6) is 5.75 Å². The lowest BCUT2D eigenvalue weighted by Gasteiger charge is -2.17. The predicted octanol–water partition coefficient (Wildman–Crippen LogP) is 1.95. The zero-order valence-electron chi connectivity index (χ0n) is 10.5. The van der Waals surface area contributed by atoms with Crippen LogP contribution in [-0.4, -0.2) is 48.5 Å². The monoisotopic (exact) mass is 329 g/mol. The highest BCUT2D eigenvalue weighted by molar-refractivity contribution is 6.35. The number of aliphatic hydroxyl groups excluding tert-OH is 2. The van der Waals surface area contributed by atoms with Crippen molar-refractivity contribution in [1.82, 2.24) is 5.32 Å². The second-order valence-corrected chi connectivity index (χ2v) is 5.03. The molecule has 0 aliphatic rings. The third-order valence-electron chi connectivity index (χ3n) is 2.32. The number of aliphatic hydroxyl groups is 2. The summed E-state index contributed by atoms with van der Waals surface area (Å²) in [6, 6.07) is 4.62. The summed E-state index contributed by atoms with van der Waals surface area (Å²) in [6.07, 6.45) is -0.990. The van der Waals surface area contributed by atoms with Gasteiger partial charge in [-0.2, -0.15) is 0 Å². The highest BCUT2D eigenvalue weighted by Gasteiger charge is 2.27. The van der Waals surface area contributed by atoms with Crippen molar-refractivity contribution in [2.45, 2.75) is 12.0 Å². The minimum Gasteiger partial charge on any atom is -0.489 e. The average Bonchev–Trinajstić information content (AvgIpc) is 2.37. The maximum atomic E-state index is 12.7. The van der Waals surface area contributed by atoms with E-state index < -0.39 is 25.2 Å². The molecular formula is C12H15Cl2F2NO3. The van der Waals surface area contributed by atoms with Crippen LogP contribution < -0.4 is 10.1 Å². The molecule has 8 heteroatoms. The van der Waals surface area contributed by atoms with Gasteiger partial charge in [0.05, 0.1) is 11.6 Å². The number of nitrogens with one attached hydrogen (secondary N) is 1. The lowest BCUT2D eigenvalue weighted by molar-refractivity contribution is -0.0493. The van der Waals surface area contributed by atoms with Crippen molar-refractivity contribution in [3.63, 3.8) is 0 Å². The van der Waals surface area contributed by atoms with Crippen molar-refractivity contribution in [1.29, 1.82) is 0 Å². The van der Waals surface area contributed by atoms with E-state index in [-0.39, 0.29) is 13.2 Å². The second-order valence-electron chi connectivity index (χ2n) is 4.18. The molecule has 0 aliphatic heterocycles. The molecule has 1 aromatic rings. The maximum Gasteiger partial charge on any atom is 0.282 e. The van der Waals surface area contributed by atoms with Gasteiger partial charge in [0, 0.05) is 11.6 Å². The van der Waals surface area contributed by atoms with E-state index in [4.69, 9.17) is 33.0 Å². The number of hydrogen-bond acceptors (Lipinski definition) is 4. The van der Waals surface area contributed by atoms with E-state index in [9.17, 15) is 13.9 Å². The number of ether oxygens (including phenoxy) is 1. The summed E-state index contributed by atoms with van der Waals surface area (Å²) in [5, 5.41) is 21.0. The minimum absolute atomic E-state index is 0.0964. The van der Waals surface area contributed by atoms with Gasteiger partial charge in [-0.15, -0.1) is 0 Å². The molecule has 0 aromatic heterocycles. The standard InChI is InChI=1S/C12H15Cl2F2NO3/c13-8-1-2-11(10(14)3-8)20-5-9(19)4-17-6-12(15,16)7-18/h1-3,9,17-19H,4-7H2. The zero-order valence-corrected chi connectivity index (χ0v) is 12.0. The van der Waals surface area contributed by atoms with Gasteiger partial charge in [-0.3, -0.25) is 0 Å². The Morgan fingerprint density at radius 2 is 2.05 bits per heavy atom. The topological polar surface area (TPSA) is 61.7 Å². The van der Waals surface area contributed by atoms with E-state index >= 15 is 0 Å². The molecule has 0 saturated carbocycles. The summed E-state index contributed by atoms with van der Waals surface area (Å²) in [4.78, 5) is 0. The lowest BCUT2D eigenvalue weighted by Crippen LogP contribution is -2.40. The first-order chi connectivity index (χ1) is 9.34. The lowest BCUT2D eigenvalue weighted by atomic mass is 10.3. The van der Waals surface area contributed by atoms with Gasteiger partial charge in [0.2, 0.25) is 0 Å². The van der Waals surface area contributed by atoms with Gasteiger partial charge in [-0.25, -0.2) is 8.78 Å². The normalized spacial score (nSPS) is 13.3. The van der Waals surface area contributed by atoms with Gasteiger partial charge in [-0.1, -0.05) is 23.2 Å². The highest BCUT2D eigenvalue weighted by Crippen LogP contribution is 2.27. The zero-order chi connectivity index (χ0) is 15.2. The third-order valence-corrected chi connectivity index (χ3v) is 2.85. The summed E-state index contributed by atoms with van der Waals surface area (Å²) in [6.45, 7) is -2.17. The van der Waals surface area contributed by atoms with Crippen LogP contribution >= 0.6 is 23.2 Å². The summed E-state index contributed by atoms with van der Waals surface area (Å²) >= 11 is 11.6. The van der Waals surface area contributed by atoms with Crippen molar-refractivity contribution >= 4 is 23.2 Å². The Morgan fingerprint density at radius 1 is 1.35 bits per heavy atom. The van der Waals surface area contributed by atoms with Crippen LogP contribution in [0.2, 0.25) is 10.0 Å². The molecule has 0 heterocycles. The van der Waals surface area contributed by atoms with Crippen LogP contribution in [-0.2, 0) is 0 Å². The molecule has 4 nitrogen and oxygen atoms in total. The minimum atomic E-state index is -3.21. The van der Waals surface area contributed by atoms with Crippen LogP contribution in [0.4, 0.5) is 8.78 Å². The van der Waals surface area contributed by atoms with Crippen LogP contribution in [0, 0.1) is 0 Å². The summed E-state index contributed by atoms with van der Waals surface area (Å²) < 4.78 is 30.6. The van der Waals surface area contributed by atoms with Gasteiger partial charge < -0.3 is 20.3 Å². The molecule has 1 aromatic carbocycles. The van der Waals surface area contributed by atoms with E-state index in [1.165, 1.54) is 6.07 Å². The Kier molecular flexibility index (Phi) is 6.91. The second kappa shape index (κ2) is 7.95. The maximum absolute atomic E-state index is 12.7.